The van der Waals surface area contributed by atoms with E-state index >= 15 is 0 Å². The zero-order valence-corrected chi connectivity index (χ0v) is 20.1. The summed E-state index contributed by atoms with van der Waals surface area (Å²) in [5, 5.41) is 12.2. The molecule has 4 rings (SSSR count). The topological polar surface area (TPSA) is 95.9 Å². The van der Waals surface area contributed by atoms with Crippen molar-refractivity contribution in [2.75, 3.05) is 18.2 Å². The molecule has 1 saturated heterocycles. The van der Waals surface area contributed by atoms with Crippen molar-refractivity contribution in [3.8, 4) is 11.1 Å². The number of nitrogens with one attached hydrogen (secondary N) is 1. The van der Waals surface area contributed by atoms with Crippen LogP contribution in [0.3, 0.4) is 0 Å². The first kappa shape index (κ1) is 24.1. The molecule has 0 unspecified atom stereocenters. The normalized spacial score (nSPS) is 17.7. The summed E-state index contributed by atoms with van der Waals surface area (Å²) in [6.45, 7) is 2.25. The fourth-order valence-corrected chi connectivity index (χ4v) is 5.88. The number of carboxylic acids is 1. The minimum atomic E-state index is -0.993. The maximum atomic E-state index is 12.8. The molecule has 1 aliphatic heterocycles. The molecular weight excluding hydrogens is 452 g/mol. The van der Waals surface area contributed by atoms with E-state index in [1.807, 2.05) is 31.2 Å². The number of hydrogen-bond donors (Lipinski definition) is 2. The third-order valence-corrected chi connectivity index (χ3v) is 7.49. The summed E-state index contributed by atoms with van der Waals surface area (Å²) >= 11 is 1.43. The first-order valence-corrected chi connectivity index (χ1v) is 12.9. The monoisotopic (exact) mass is 482 g/mol. The Labute approximate surface area is 203 Å². The molecule has 180 valence electrons. The van der Waals surface area contributed by atoms with Gasteiger partial charge in [0.2, 0.25) is 5.91 Å². The van der Waals surface area contributed by atoms with Crippen LogP contribution in [-0.2, 0) is 14.3 Å². The summed E-state index contributed by atoms with van der Waals surface area (Å²) in [4.78, 5) is 38.4. The Kier molecular flexibility index (Phi) is 7.77. The average molecular weight is 483 g/mol. The van der Waals surface area contributed by atoms with E-state index in [1.54, 1.807) is 0 Å². The number of ether oxygens (including phenoxy) is 1. The Morgan fingerprint density at radius 2 is 1.76 bits per heavy atom. The number of benzene rings is 2. The maximum Gasteiger partial charge on any atom is 0.407 e. The lowest BCUT2D eigenvalue weighted by molar-refractivity contribution is -0.148. The standard InChI is InChI=1S/C26H30N2O5S/c1-2-3-8-17(13-24(29)28-16-34-15-23(28)25(30)31)27-26(32)33-14-22-20-11-6-4-9-18(20)19-10-5-7-12-21(19)22/h4-7,9-12,17,22-23H,2-3,8,13-16H2,1H3,(H,27,32)(H,30,31)/t17-,23-/m0/s1. The van der Waals surface area contributed by atoms with E-state index in [0.29, 0.717) is 18.1 Å². The molecule has 0 saturated carbocycles. The molecule has 1 aliphatic carbocycles. The lowest BCUT2D eigenvalue weighted by Crippen LogP contribution is -2.45. The molecule has 1 heterocycles. The quantitative estimate of drug-likeness (QED) is 0.548. The molecule has 1 fully saturated rings. The Bertz CT molecular complexity index is 1010. The molecule has 2 N–H and O–H groups in total. The number of thioether (sulfide) groups is 1. The van der Waals surface area contributed by atoms with Gasteiger partial charge < -0.3 is 20.1 Å². The van der Waals surface area contributed by atoms with Crippen LogP contribution < -0.4 is 5.32 Å². The smallest absolute Gasteiger partial charge is 0.407 e. The average Bonchev–Trinajstić information content (AvgIpc) is 3.45. The summed E-state index contributed by atoms with van der Waals surface area (Å²) in [7, 11) is 0. The number of aliphatic carboxylic acids is 1. The number of rotatable bonds is 9. The summed E-state index contributed by atoms with van der Waals surface area (Å²) in [6, 6.07) is 15.1. The number of nitrogens with zero attached hydrogens (tertiary/aromatic N) is 1. The lowest BCUT2D eigenvalue weighted by Gasteiger charge is -2.24. The van der Waals surface area contributed by atoms with E-state index in [9.17, 15) is 19.5 Å². The molecule has 2 aliphatic rings. The molecule has 34 heavy (non-hydrogen) atoms. The van der Waals surface area contributed by atoms with E-state index in [0.717, 1.165) is 35.1 Å². The van der Waals surface area contributed by atoms with Crippen molar-refractivity contribution in [2.45, 2.75) is 50.6 Å². The highest BCUT2D eigenvalue weighted by atomic mass is 32.2. The molecule has 0 aromatic heterocycles. The highest BCUT2D eigenvalue weighted by Gasteiger charge is 2.35. The number of carbonyl (C=O) groups is 3. The zero-order chi connectivity index (χ0) is 24.1. The molecule has 7 nitrogen and oxygen atoms in total. The predicted octanol–water partition coefficient (Wildman–Crippen LogP) is 4.46. The number of unbranched alkanes of at least 4 members (excludes halogenated alkanes) is 1. The van der Waals surface area contributed by atoms with Gasteiger partial charge in [-0.25, -0.2) is 9.59 Å². The third-order valence-electron chi connectivity index (χ3n) is 6.48. The Hall–Kier alpha value is -3.00. The number of alkyl carbamates (subject to hydrolysis) is 1. The molecule has 8 heteroatoms. The van der Waals surface area contributed by atoms with Crippen LogP contribution in [0.15, 0.2) is 48.5 Å². The summed E-state index contributed by atoms with van der Waals surface area (Å²) < 4.78 is 5.64. The number of amides is 2. The first-order valence-electron chi connectivity index (χ1n) is 11.7. The van der Waals surface area contributed by atoms with Crippen LogP contribution in [0.25, 0.3) is 11.1 Å². The Balaban J connectivity index is 1.38. The van der Waals surface area contributed by atoms with Gasteiger partial charge in [0.05, 0.1) is 5.88 Å². The SMILES string of the molecule is CCCC[C@@H](CC(=O)N1CSC[C@H]1C(=O)O)NC(=O)OCC1c2ccccc2-c2ccccc21. The minimum absolute atomic E-state index is 0.0353. The summed E-state index contributed by atoms with van der Waals surface area (Å²) in [5.74, 6) is -0.529. The second-order valence-electron chi connectivity index (χ2n) is 8.73. The van der Waals surface area contributed by atoms with Crippen LogP contribution in [0.2, 0.25) is 0 Å². The van der Waals surface area contributed by atoms with Gasteiger partial charge in [-0.2, -0.15) is 0 Å². The van der Waals surface area contributed by atoms with E-state index in [2.05, 4.69) is 29.6 Å². The second kappa shape index (κ2) is 11.0. The fraction of sp³-hybridized carbons (Fsp3) is 0.423. The van der Waals surface area contributed by atoms with Crippen LogP contribution in [-0.4, -0.2) is 58.3 Å². The zero-order valence-electron chi connectivity index (χ0n) is 19.2. The van der Waals surface area contributed by atoms with Crippen molar-refractivity contribution in [3.63, 3.8) is 0 Å². The van der Waals surface area contributed by atoms with Crippen molar-refractivity contribution in [1.29, 1.82) is 0 Å². The van der Waals surface area contributed by atoms with Crippen LogP contribution in [0.4, 0.5) is 4.79 Å². The maximum absolute atomic E-state index is 12.8. The van der Waals surface area contributed by atoms with E-state index in [4.69, 9.17) is 4.74 Å². The van der Waals surface area contributed by atoms with Crippen LogP contribution in [0, 0.1) is 0 Å². The minimum Gasteiger partial charge on any atom is -0.480 e. The van der Waals surface area contributed by atoms with E-state index in [1.165, 1.54) is 16.7 Å². The van der Waals surface area contributed by atoms with Gasteiger partial charge in [-0.3, -0.25) is 4.79 Å². The number of carbonyl (C=O) groups excluding carboxylic acids is 2. The second-order valence-corrected chi connectivity index (χ2v) is 9.73. The largest absolute Gasteiger partial charge is 0.480 e. The van der Waals surface area contributed by atoms with Crippen molar-refractivity contribution in [2.24, 2.45) is 0 Å². The van der Waals surface area contributed by atoms with Crippen molar-refractivity contribution in [1.82, 2.24) is 10.2 Å². The molecular formula is C26H30N2O5S. The first-order chi connectivity index (χ1) is 16.5. The van der Waals surface area contributed by atoms with Crippen molar-refractivity contribution in [3.05, 3.63) is 59.7 Å². The summed E-state index contributed by atoms with van der Waals surface area (Å²) in [5.41, 5.74) is 4.60. The van der Waals surface area contributed by atoms with Crippen molar-refractivity contribution >= 4 is 29.7 Å². The molecule has 2 aromatic rings. The highest BCUT2D eigenvalue weighted by Crippen LogP contribution is 2.44. The van der Waals surface area contributed by atoms with Gasteiger partial charge >= 0.3 is 12.1 Å². The molecule has 0 bridgehead atoms. The van der Waals surface area contributed by atoms with E-state index < -0.39 is 24.1 Å². The predicted molar refractivity (Wildman–Crippen MR) is 132 cm³/mol. The van der Waals surface area contributed by atoms with Gasteiger partial charge in [0, 0.05) is 24.1 Å². The fourth-order valence-electron chi connectivity index (χ4n) is 4.70. The van der Waals surface area contributed by atoms with Crippen LogP contribution in [0.1, 0.15) is 49.7 Å². The van der Waals surface area contributed by atoms with Gasteiger partial charge in [0.25, 0.3) is 0 Å². The third kappa shape index (κ3) is 5.22. The number of fused-ring (bicyclic) bond motifs is 3. The Morgan fingerprint density at radius 1 is 1.12 bits per heavy atom. The summed E-state index contributed by atoms with van der Waals surface area (Å²) in [6.07, 6.45) is 1.91. The van der Waals surface area contributed by atoms with Gasteiger partial charge in [-0.15, -0.1) is 11.8 Å². The molecule has 0 spiro atoms. The highest BCUT2D eigenvalue weighted by molar-refractivity contribution is 7.99. The molecule has 2 aromatic carbocycles. The van der Waals surface area contributed by atoms with Crippen molar-refractivity contribution < 1.29 is 24.2 Å². The van der Waals surface area contributed by atoms with Gasteiger partial charge in [0.1, 0.15) is 12.6 Å². The molecule has 2 amide bonds. The molecule has 0 radical (unpaired) electrons. The Morgan fingerprint density at radius 3 is 2.38 bits per heavy atom. The molecule has 2 atom stereocenters. The lowest BCUT2D eigenvalue weighted by atomic mass is 9.98. The van der Waals surface area contributed by atoms with Gasteiger partial charge in [-0.1, -0.05) is 68.3 Å². The van der Waals surface area contributed by atoms with Gasteiger partial charge in [-0.05, 0) is 28.7 Å². The number of carboxylic acid groups (broad SMARTS) is 1. The van der Waals surface area contributed by atoms with Crippen LogP contribution >= 0.6 is 11.8 Å². The van der Waals surface area contributed by atoms with Crippen LogP contribution in [0.5, 0.6) is 0 Å². The number of hydrogen-bond acceptors (Lipinski definition) is 5. The van der Waals surface area contributed by atoms with Gasteiger partial charge in [0.15, 0.2) is 0 Å². The van der Waals surface area contributed by atoms with E-state index in [-0.39, 0.29) is 24.9 Å².